The Bertz CT molecular complexity index is 691. The molecule has 0 spiro atoms. The van der Waals surface area contributed by atoms with Crippen LogP contribution in [0.1, 0.15) is 18.2 Å². The van der Waals surface area contributed by atoms with Gasteiger partial charge in [-0.3, -0.25) is 14.3 Å². The molecule has 20 heavy (non-hydrogen) atoms. The minimum absolute atomic E-state index is 0.0341. The normalized spacial score (nSPS) is 25.1. The van der Waals surface area contributed by atoms with Gasteiger partial charge in [-0.15, -0.1) is 0 Å². The summed E-state index contributed by atoms with van der Waals surface area (Å²) in [7, 11) is 0. The number of carbonyl (C=O) groups is 1. The molecular formula is C10H11N5O5. The molecule has 0 unspecified atom stereocenters. The van der Waals surface area contributed by atoms with Gasteiger partial charge in [0, 0.05) is 23.1 Å². The van der Waals surface area contributed by atoms with Crippen LogP contribution in [0.25, 0.3) is 10.4 Å². The summed E-state index contributed by atoms with van der Waals surface area (Å²) in [5.41, 5.74) is 7.46. The second kappa shape index (κ2) is 5.19. The van der Waals surface area contributed by atoms with Crippen LogP contribution in [0.5, 0.6) is 0 Å². The molecule has 1 saturated heterocycles. The first kappa shape index (κ1) is 13.8. The van der Waals surface area contributed by atoms with Crippen molar-refractivity contribution in [3.63, 3.8) is 0 Å². The van der Waals surface area contributed by atoms with Crippen molar-refractivity contribution in [2.24, 2.45) is 5.11 Å². The molecule has 0 aromatic carbocycles. The number of hydrogen-bond donors (Lipinski definition) is 2. The molecule has 2 heterocycles. The zero-order valence-electron chi connectivity index (χ0n) is 10.4. The molecule has 1 fully saturated rings. The lowest BCUT2D eigenvalue weighted by Crippen LogP contribution is -2.34. The SMILES string of the molecule is Cc1cn([C@H]2C[C@@H](N=[N+]=[N-])[C@H](C(=O)O)O2)c(=O)[nH]c1=O. The number of aliphatic carboxylic acids is 1. The molecule has 0 radical (unpaired) electrons. The number of nitrogens with one attached hydrogen (secondary N) is 1. The van der Waals surface area contributed by atoms with Crippen LogP contribution < -0.4 is 11.2 Å². The number of carboxylic acids is 1. The summed E-state index contributed by atoms with van der Waals surface area (Å²) in [5, 5.41) is 12.3. The maximum atomic E-state index is 11.7. The highest BCUT2D eigenvalue weighted by molar-refractivity contribution is 5.73. The van der Waals surface area contributed by atoms with Gasteiger partial charge in [0.25, 0.3) is 5.56 Å². The number of aryl methyl sites for hydroxylation is 1. The minimum Gasteiger partial charge on any atom is -0.479 e. The molecule has 1 aromatic heterocycles. The van der Waals surface area contributed by atoms with Crippen LogP contribution in [0, 0.1) is 6.92 Å². The van der Waals surface area contributed by atoms with E-state index in [1.807, 2.05) is 0 Å². The average Bonchev–Trinajstić information content (AvgIpc) is 2.78. The summed E-state index contributed by atoms with van der Waals surface area (Å²) < 4.78 is 6.31. The largest absolute Gasteiger partial charge is 0.479 e. The van der Waals surface area contributed by atoms with Gasteiger partial charge in [-0.05, 0) is 12.5 Å². The van der Waals surface area contributed by atoms with E-state index in [9.17, 15) is 14.4 Å². The predicted octanol–water partition coefficient (Wildman–Crippen LogP) is -0.104. The maximum Gasteiger partial charge on any atom is 0.333 e. The highest BCUT2D eigenvalue weighted by atomic mass is 16.5. The smallest absolute Gasteiger partial charge is 0.333 e. The Labute approximate surface area is 111 Å². The van der Waals surface area contributed by atoms with Gasteiger partial charge in [0.05, 0.1) is 6.04 Å². The highest BCUT2D eigenvalue weighted by Gasteiger charge is 2.40. The van der Waals surface area contributed by atoms with E-state index in [1.54, 1.807) is 0 Å². The van der Waals surface area contributed by atoms with E-state index in [0.29, 0.717) is 0 Å². The second-order valence-corrected chi connectivity index (χ2v) is 4.34. The lowest BCUT2D eigenvalue weighted by Gasteiger charge is -2.14. The van der Waals surface area contributed by atoms with Crippen molar-refractivity contribution in [1.82, 2.24) is 9.55 Å². The van der Waals surface area contributed by atoms with Crippen LogP contribution in [0.15, 0.2) is 20.9 Å². The molecule has 1 aliphatic rings. The molecule has 0 saturated carbocycles. The molecule has 2 N–H and O–H groups in total. The minimum atomic E-state index is -1.32. The maximum absolute atomic E-state index is 11.7. The standard InChI is InChI=1S/C10H11N5O5/c1-4-3-15(10(19)12-8(4)16)6-2-5(13-14-11)7(20-6)9(17)18/h3,5-7H,2H2,1H3,(H,17,18)(H,12,16,19)/t5-,6-,7-/m1/s1. The topological polar surface area (TPSA) is 150 Å². The Hall–Kier alpha value is -2.58. The molecule has 0 bridgehead atoms. The summed E-state index contributed by atoms with van der Waals surface area (Å²) in [6.45, 7) is 1.50. The summed E-state index contributed by atoms with van der Waals surface area (Å²) in [6.07, 6.45) is -0.917. The average molecular weight is 281 g/mol. The van der Waals surface area contributed by atoms with Crippen LogP contribution in [-0.4, -0.2) is 32.8 Å². The molecule has 10 heteroatoms. The van der Waals surface area contributed by atoms with E-state index < -0.39 is 35.6 Å². The number of carboxylic acid groups (broad SMARTS) is 1. The zero-order valence-corrected chi connectivity index (χ0v) is 10.4. The van der Waals surface area contributed by atoms with E-state index in [1.165, 1.54) is 13.1 Å². The number of azide groups is 1. The second-order valence-electron chi connectivity index (χ2n) is 4.34. The fourth-order valence-corrected chi connectivity index (χ4v) is 2.02. The number of rotatable bonds is 3. The number of H-pyrrole nitrogens is 1. The van der Waals surface area contributed by atoms with Crippen LogP contribution in [0.4, 0.5) is 0 Å². The van der Waals surface area contributed by atoms with E-state index >= 15 is 0 Å². The van der Waals surface area contributed by atoms with E-state index in [2.05, 4.69) is 15.0 Å². The molecule has 0 amide bonds. The first-order chi connectivity index (χ1) is 9.43. The monoisotopic (exact) mass is 281 g/mol. The predicted molar refractivity (Wildman–Crippen MR) is 65.2 cm³/mol. The van der Waals surface area contributed by atoms with Crippen molar-refractivity contribution in [1.29, 1.82) is 0 Å². The van der Waals surface area contributed by atoms with E-state index in [-0.39, 0.29) is 12.0 Å². The van der Waals surface area contributed by atoms with Crippen LogP contribution >= 0.6 is 0 Å². The van der Waals surface area contributed by atoms with Crippen LogP contribution in [-0.2, 0) is 9.53 Å². The van der Waals surface area contributed by atoms with Gasteiger partial charge in [0.1, 0.15) is 6.23 Å². The molecular weight excluding hydrogens is 270 g/mol. The van der Waals surface area contributed by atoms with Crippen molar-refractivity contribution >= 4 is 5.97 Å². The van der Waals surface area contributed by atoms with E-state index in [0.717, 1.165) is 4.57 Å². The quantitative estimate of drug-likeness (QED) is 0.450. The Morgan fingerprint density at radius 1 is 1.65 bits per heavy atom. The zero-order chi connectivity index (χ0) is 14.9. The van der Waals surface area contributed by atoms with Crippen LogP contribution in [0.2, 0.25) is 0 Å². The lowest BCUT2D eigenvalue weighted by molar-refractivity contribution is -0.152. The summed E-state index contributed by atoms with van der Waals surface area (Å²) in [5.74, 6) is -1.28. The van der Waals surface area contributed by atoms with Crippen LogP contribution in [0.3, 0.4) is 0 Å². The summed E-state index contributed by atoms with van der Waals surface area (Å²) in [6, 6.07) is -0.915. The van der Waals surface area contributed by atoms with Gasteiger partial charge in [-0.1, -0.05) is 5.11 Å². The van der Waals surface area contributed by atoms with Crippen molar-refractivity contribution < 1.29 is 14.6 Å². The third-order valence-corrected chi connectivity index (χ3v) is 3.00. The van der Waals surface area contributed by atoms with Crippen molar-refractivity contribution in [3.8, 4) is 0 Å². The van der Waals surface area contributed by atoms with Crippen molar-refractivity contribution in [2.75, 3.05) is 0 Å². The summed E-state index contributed by atoms with van der Waals surface area (Å²) >= 11 is 0. The van der Waals surface area contributed by atoms with Crippen molar-refractivity contribution in [2.45, 2.75) is 31.7 Å². The number of hydrogen-bond acceptors (Lipinski definition) is 5. The van der Waals surface area contributed by atoms with Gasteiger partial charge in [0.15, 0.2) is 6.10 Å². The fraction of sp³-hybridized carbons (Fsp3) is 0.500. The first-order valence-electron chi connectivity index (χ1n) is 5.68. The number of aromatic nitrogens is 2. The van der Waals surface area contributed by atoms with Gasteiger partial charge in [-0.25, -0.2) is 9.59 Å². The third kappa shape index (κ3) is 2.42. The van der Waals surface area contributed by atoms with Crippen molar-refractivity contribution in [3.05, 3.63) is 43.0 Å². The molecule has 2 rings (SSSR count). The fourth-order valence-electron chi connectivity index (χ4n) is 2.02. The van der Waals surface area contributed by atoms with Gasteiger partial charge < -0.3 is 9.84 Å². The Morgan fingerprint density at radius 3 is 2.95 bits per heavy atom. The summed E-state index contributed by atoms with van der Waals surface area (Å²) in [4.78, 5) is 38.7. The van der Waals surface area contributed by atoms with Gasteiger partial charge >= 0.3 is 11.7 Å². The van der Waals surface area contributed by atoms with Gasteiger partial charge in [0.2, 0.25) is 0 Å². The molecule has 1 aromatic rings. The highest BCUT2D eigenvalue weighted by Crippen LogP contribution is 2.30. The number of nitrogens with zero attached hydrogens (tertiary/aromatic N) is 4. The molecule has 0 aliphatic carbocycles. The van der Waals surface area contributed by atoms with E-state index in [4.69, 9.17) is 15.4 Å². The number of ether oxygens (including phenoxy) is 1. The Kier molecular flexibility index (Phi) is 3.59. The Balaban J connectivity index is 2.38. The lowest BCUT2D eigenvalue weighted by atomic mass is 10.1. The van der Waals surface area contributed by atoms with Gasteiger partial charge in [-0.2, -0.15) is 0 Å². The number of aromatic amines is 1. The molecule has 1 aliphatic heterocycles. The molecule has 10 nitrogen and oxygen atoms in total. The molecule has 106 valence electrons. The molecule has 3 atom stereocenters. The third-order valence-electron chi connectivity index (χ3n) is 3.00. The Morgan fingerprint density at radius 2 is 2.35 bits per heavy atom. The first-order valence-corrected chi connectivity index (χ1v) is 5.68.